The second kappa shape index (κ2) is 8.66. The Labute approximate surface area is 171 Å². The number of fused-ring (bicyclic) bond motifs is 1. The third-order valence-electron chi connectivity index (χ3n) is 5.53. The van der Waals surface area contributed by atoms with E-state index in [4.69, 9.17) is 4.74 Å². The zero-order valence-corrected chi connectivity index (χ0v) is 16.8. The van der Waals surface area contributed by atoms with Crippen molar-refractivity contribution in [3.05, 3.63) is 59.2 Å². The summed E-state index contributed by atoms with van der Waals surface area (Å²) in [4.78, 5) is 28.9. The summed E-state index contributed by atoms with van der Waals surface area (Å²) in [5, 5.41) is 2.99. The molecule has 4 rings (SSSR count). The summed E-state index contributed by atoms with van der Waals surface area (Å²) in [6, 6.07) is 13.3. The minimum atomic E-state index is -0.0647. The number of carbonyl (C=O) groups excluding carboxylic acids is 2. The highest BCUT2D eigenvalue weighted by atomic mass is 16.5. The van der Waals surface area contributed by atoms with Gasteiger partial charge in [-0.15, -0.1) is 0 Å². The number of benzene rings is 2. The van der Waals surface area contributed by atoms with Crippen LogP contribution >= 0.6 is 0 Å². The van der Waals surface area contributed by atoms with E-state index in [1.54, 1.807) is 4.90 Å². The van der Waals surface area contributed by atoms with Crippen molar-refractivity contribution in [2.45, 2.75) is 26.3 Å². The third-order valence-corrected chi connectivity index (χ3v) is 5.53. The maximum atomic E-state index is 12.4. The lowest BCUT2D eigenvalue weighted by Crippen LogP contribution is -2.38. The van der Waals surface area contributed by atoms with E-state index in [0.29, 0.717) is 18.7 Å². The van der Waals surface area contributed by atoms with Crippen molar-refractivity contribution in [1.29, 1.82) is 0 Å². The molecule has 1 saturated heterocycles. The van der Waals surface area contributed by atoms with Crippen LogP contribution < -0.4 is 15.0 Å². The van der Waals surface area contributed by atoms with Crippen LogP contribution in [0.3, 0.4) is 0 Å². The van der Waals surface area contributed by atoms with E-state index in [-0.39, 0.29) is 18.4 Å². The lowest BCUT2D eigenvalue weighted by Gasteiger charge is -2.29. The van der Waals surface area contributed by atoms with Gasteiger partial charge in [-0.05, 0) is 68.2 Å². The molecule has 0 aromatic heterocycles. The average Bonchev–Trinajstić information content (AvgIpc) is 3.24. The summed E-state index contributed by atoms with van der Waals surface area (Å²) in [6.45, 7) is 6.34. The number of carbonyl (C=O) groups is 2. The van der Waals surface area contributed by atoms with Gasteiger partial charge in [-0.25, -0.2) is 0 Å². The minimum absolute atomic E-state index is 0.0496. The monoisotopic (exact) mass is 393 g/mol. The van der Waals surface area contributed by atoms with Gasteiger partial charge >= 0.3 is 0 Å². The summed E-state index contributed by atoms with van der Waals surface area (Å²) in [5.74, 6) is 0.614. The number of likely N-dealkylation sites (tertiary alicyclic amines) is 1. The normalized spacial score (nSPS) is 16.4. The van der Waals surface area contributed by atoms with Gasteiger partial charge in [0.25, 0.3) is 11.8 Å². The molecule has 2 amide bonds. The predicted octanol–water partition coefficient (Wildman–Crippen LogP) is 2.75. The molecule has 0 saturated carbocycles. The van der Waals surface area contributed by atoms with Crippen molar-refractivity contribution in [1.82, 2.24) is 10.2 Å². The lowest BCUT2D eigenvalue weighted by molar-refractivity contribution is -0.121. The van der Waals surface area contributed by atoms with Crippen LogP contribution in [0.4, 0.5) is 5.69 Å². The van der Waals surface area contributed by atoms with Crippen molar-refractivity contribution in [2.75, 3.05) is 37.7 Å². The fourth-order valence-electron chi connectivity index (χ4n) is 3.86. The molecule has 2 aliphatic rings. The van der Waals surface area contributed by atoms with Crippen LogP contribution in [0.5, 0.6) is 5.75 Å². The quantitative estimate of drug-likeness (QED) is 0.820. The van der Waals surface area contributed by atoms with Gasteiger partial charge in [-0.2, -0.15) is 0 Å². The molecular formula is C23H27N3O3. The molecule has 0 unspecified atom stereocenters. The van der Waals surface area contributed by atoms with Gasteiger partial charge in [0.1, 0.15) is 5.75 Å². The fraction of sp³-hybridized carbons (Fsp3) is 0.391. The van der Waals surface area contributed by atoms with E-state index < -0.39 is 0 Å². The van der Waals surface area contributed by atoms with E-state index in [1.165, 1.54) is 12.8 Å². The molecule has 152 valence electrons. The summed E-state index contributed by atoms with van der Waals surface area (Å²) in [6.07, 6.45) is 2.51. The molecule has 0 spiro atoms. The van der Waals surface area contributed by atoms with Crippen LogP contribution in [0.1, 0.15) is 34.3 Å². The van der Waals surface area contributed by atoms with Crippen molar-refractivity contribution < 1.29 is 14.3 Å². The van der Waals surface area contributed by atoms with Crippen molar-refractivity contribution in [3.8, 4) is 5.75 Å². The first kappa shape index (κ1) is 19.5. The second-order valence-corrected chi connectivity index (χ2v) is 7.74. The maximum Gasteiger partial charge on any atom is 0.265 e. The van der Waals surface area contributed by atoms with Crippen LogP contribution in [-0.4, -0.2) is 49.5 Å². The Kier molecular flexibility index (Phi) is 5.81. The Balaban J connectivity index is 1.37. The smallest absolute Gasteiger partial charge is 0.265 e. The predicted molar refractivity (Wildman–Crippen MR) is 112 cm³/mol. The molecule has 0 radical (unpaired) electrons. The van der Waals surface area contributed by atoms with E-state index in [9.17, 15) is 9.59 Å². The Morgan fingerprint density at radius 3 is 2.62 bits per heavy atom. The number of anilines is 1. The molecule has 2 aliphatic heterocycles. The molecule has 6 heteroatoms. The zero-order valence-electron chi connectivity index (χ0n) is 16.8. The molecule has 0 aliphatic carbocycles. The maximum absolute atomic E-state index is 12.4. The molecule has 1 fully saturated rings. The van der Waals surface area contributed by atoms with E-state index in [1.807, 2.05) is 49.4 Å². The van der Waals surface area contributed by atoms with Gasteiger partial charge in [0, 0.05) is 18.7 Å². The Morgan fingerprint density at radius 1 is 1.10 bits per heavy atom. The Hall–Kier alpha value is -2.86. The number of hydrogen-bond donors (Lipinski definition) is 1. The number of nitrogens with one attached hydrogen (secondary N) is 1. The topological polar surface area (TPSA) is 61.9 Å². The number of hydrogen-bond acceptors (Lipinski definition) is 4. The Bertz CT molecular complexity index is 889. The van der Waals surface area contributed by atoms with Gasteiger partial charge < -0.3 is 19.9 Å². The summed E-state index contributed by atoms with van der Waals surface area (Å²) in [5.41, 5.74) is 3.49. The molecule has 29 heavy (non-hydrogen) atoms. The van der Waals surface area contributed by atoms with E-state index in [2.05, 4.69) is 10.2 Å². The highest BCUT2D eigenvalue weighted by Gasteiger charge is 2.25. The SMILES string of the molecule is Cc1ccc2c(c1)OCC(=O)N2Cc1ccc(C(=O)NCCN2CCCC2)cc1. The first-order valence-corrected chi connectivity index (χ1v) is 10.2. The summed E-state index contributed by atoms with van der Waals surface area (Å²) < 4.78 is 5.56. The minimum Gasteiger partial charge on any atom is -0.482 e. The van der Waals surface area contributed by atoms with Crippen molar-refractivity contribution in [3.63, 3.8) is 0 Å². The van der Waals surface area contributed by atoms with Crippen LogP contribution in [-0.2, 0) is 11.3 Å². The summed E-state index contributed by atoms with van der Waals surface area (Å²) >= 11 is 0. The highest BCUT2D eigenvalue weighted by Crippen LogP contribution is 2.33. The first-order chi connectivity index (χ1) is 14.1. The first-order valence-electron chi connectivity index (χ1n) is 10.2. The van der Waals surface area contributed by atoms with Crippen LogP contribution in [0.15, 0.2) is 42.5 Å². The van der Waals surface area contributed by atoms with Crippen molar-refractivity contribution >= 4 is 17.5 Å². The van der Waals surface area contributed by atoms with Gasteiger partial charge in [-0.1, -0.05) is 18.2 Å². The number of rotatable bonds is 6. The number of nitrogens with zero attached hydrogens (tertiary/aromatic N) is 2. The van der Waals surface area contributed by atoms with Gasteiger partial charge in [-0.3, -0.25) is 9.59 Å². The highest BCUT2D eigenvalue weighted by molar-refractivity contribution is 5.98. The molecular weight excluding hydrogens is 366 g/mol. The molecule has 2 aromatic carbocycles. The third kappa shape index (κ3) is 4.59. The van der Waals surface area contributed by atoms with Gasteiger partial charge in [0.05, 0.1) is 12.2 Å². The van der Waals surface area contributed by atoms with Gasteiger partial charge in [0.15, 0.2) is 6.61 Å². The van der Waals surface area contributed by atoms with E-state index in [0.717, 1.165) is 42.2 Å². The molecule has 1 N–H and O–H groups in total. The largest absolute Gasteiger partial charge is 0.482 e. The van der Waals surface area contributed by atoms with Crippen molar-refractivity contribution in [2.24, 2.45) is 0 Å². The van der Waals surface area contributed by atoms with Crippen LogP contribution in [0.25, 0.3) is 0 Å². The van der Waals surface area contributed by atoms with Crippen LogP contribution in [0, 0.1) is 6.92 Å². The summed E-state index contributed by atoms with van der Waals surface area (Å²) in [7, 11) is 0. The zero-order chi connectivity index (χ0) is 20.2. The van der Waals surface area contributed by atoms with Gasteiger partial charge in [0.2, 0.25) is 0 Å². The molecule has 0 bridgehead atoms. The second-order valence-electron chi connectivity index (χ2n) is 7.74. The number of amides is 2. The fourth-order valence-corrected chi connectivity index (χ4v) is 3.86. The Morgan fingerprint density at radius 2 is 1.86 bits per heavy atom. The molecule has 2 heterocycles. The van der Waals surface area contributed by atoms with Crippen LogP contribution in [0.2, 0.25) is 0 Å². The molecule has 2 aromatic rings. The number of aryl methyl sites for hydroxylation is 1. The van der Waals surface area contributed by atoms with E-state index >= 15 is 0 Å². The number of ether oxygens (including phenoxy) is 1. The molecule has 0 atom stereocenters. The standard InChI is InChI=1S/C23H27N3O3/c1-17-4-9-20-21(14-17)29-16-22(27)26(20)15-18-5-7-19(8-6-18)23(28)24-10-13-25-11-2-3-12-25/h4-9,14H,2-3,10-13,15-16H2,1H3,(H,24,28). The molecule has 6 nitrogen and oxygen atoms in total. The lowest BCUT2D eigenvalue weighted by atomic mass is 10.1. The average molecular weight is 393 g/mol.